The van der Waals surface area contributed by atoms with Crippen LogP contribution < -0.4 is 5.32 Å². The summed E-state index contributed by atoms with van der Waals surface area (Å²) in [5, 5.41) is 3.67. The molecule has 1 saturated carbocycles. The van der Waals surface area contributed by atoms with Gasteiger partial charge in [-0.2, -0.15) is 11.8 Å². The largest absolute Gasteiger partial charge is 0.314 e. The van der Waals surface area contributed by atoms with E-state index < -0.39 is 0 Å². The molecule has 0 spiro atoms. The molecular weight excluding hydrogens is 214 g/mol. The van der Waals surface area contributed by atoms with Crippen molar-refractivity contribution in [2.45, 2.75) is 65.3 Å². The van der Waals surface area contributed by atoms with E-state index in [9.17, 15) is 0 Å². The van der Waals surface area contributed by atoms with Gasteiger partial charge in [0.05, 0.1) is 0 Å². The first-order valence-corrected chi connectivity index (χ1v) is 8.15. The van der Waals surface area contributed by atoms with Gasteiger partial charge in [-0.25, -0.2) is 0 Å². The summed E-state index contributed by atoms with van der Waals surface area (Å²) in [6.07, 6.45) is 8.71. The summed E-state index contributed by atoms with van der Waals surface area (Å²) >= 11 is 2.11. The maximum atomic E-state index is 3.67. The summed E-state index contributed by atoms with van der Waals surface area (Å²) in [7, 11) is 0. The second kappa shape index (κ2) is 7.60. The Morgan fingerprint density at radius 1 is 1.19 bits per heavy atom. The van der Waals surface area contributed by atoms with Crippen molar-refractivity contribution < 1.29 is 0 Å². The molecule has 0 aromatic rings. The fourth-order valence-electron chi connectivity index (χ4n) is 2.67. The first-order valence-electron chi connectivity index (χ1n) is 7.00. The maximum absolute atomic E-state index is 3.67. The Balaban J connectivity index is 2.39. The van der Waals surface area contributed by atoms with Crippen molar-refractivity contribution >= 4 is 11.8 Å². The van der Waals surface area contributed by atoms with Crippen molar-refractivity contribution in [2.24, 2.45) is 5.41 Å². The highest BCUT2D eigenvalue weighted by molar-refractivity contribution is 7.99. The smallest absolute Gasteiger partial charge is 0.00106 e. The van der Waals surface area contributed by atoms with Crippen molar-refractivity contribution in [3.63, 3.8) is 0 Å². The first-order chi connectivity index (χ1) is 7.68. The molecule has 0 aromatic heterocycles. The van der Waals surface area contributed by atoms with Gasteiger partial charge in [-0.15, -0.1) is 0 Å². The third-order valence-electron chi connectivity index (χ3n) is 3.78. The van der Waals surface area contributed by atoms with E-state index in [-0.39, 0.29) is 0 Å². The Hall–Kier alpha value is 0.310. The molecule has 0 aromatic carbocycles. The van der Waals surface area contributed by atoms with Gasteiger partial charge in [0.2, 0.25) is 0 Å². The predicted octanol–water partition coefficient (Wildman–Crippen LogP) is 4.08. The second-order valence-corrected chi connectivity index (χ2v) is 6.94. The van der Waals surface area contributed by atoms with Gasteiger partial charge in [-0.1, -0.05) is 40.0 Å². The van der Waals surface area contributed by atoms with Crippen LogP contribution in [0, 0.1) is 5.41 Å². The van der Waals surface area contributed by atoms with Crippen molar-refractivity contribution in [1.29, 1.82) is 0 Å². The molecule has 1 aliphatic carbocycles. The van der Waals surface area contributed by atoms with Gasteiger partial charge in [0.15, 0.2) is 0 Å². The highest BCUT2D eigenvalue weighted by atomic mass is 32.2. The van der Waals surface area contributed by atoms with Crippen molar-refractivity contribution in [3.8, 4) is 0 Å². The number of hydrogen-bond acceptors (Lipinski definition) is 2. The molecule has 96 valence electrons. The monoisotopic (exact) mass is 243 g/mol. The van der Waals surface area contributed by atoms with Crippen LogP contribution >= 0.6 is 11.8 Å². The lowest BCUT2D eigenvalue weighted by atomic mass is 9.72. The molecule has 0 heterocycles. The topological polar surface area (TPSA) is 12.0 Å². The molecule has 2 heteroatoms. The van der Waals surface area contributed by atoms with Crippen LogP contribution in [0.25, 0.3) is 0 Å². The lowest BCUT2D eigenvalue weighted by molar-refractivity contribution is 0.172. The van der Waals surface area contributed by atoms with Gasteiger partial charge < -0.3 is 5.32 Å². The molecule has 0 atom stereocenters. The number of nitrogens with one attached hydrogen (secondary N) is 1. The molecule has 1 rings (SSSR count). The van der Waals surface area contributed by atoms with Gasteiger partial charge in [0.25, 0.3) is 0 Å². The molecular formula is C14H29NS. The fraction of sp³-hybridized carbons (Fsp3) is 1.00. The SMILES string of the molecule is CCSCCC1(CNC(C)C)CCCCC1. The Bertz CT molecular complexity index is 174. The predicted molar refractivity (Wildman–Crippen MR) is 76.3 cm³/mol. The summed E-state index contributed by atoms with van der Waals surface area (Å²) < 4.78 is 0. The third-order valence-corrected chi connectivity index (χ3v) is 4.68. The van der Waals surface area contributed by atoms with Crippen LogP contribution in [0.3, 0.4) is 0 Å². The molecule has 1 nitrogen and oxygen atoms in total. The zero-order chi connectivity index (χ0) is 11.9. The van der Waals surface area contributed by atoms with Gasteiger partial charge in [0, 0.05) is 12.6 Å². The van der Waals surface area contributed by atoms with E-state index >= 15 is 0 Å². The van der Waals surface area contributed by atoms with E-state index in [1.807, 2.05) is 0 Å². The maximum Gasteiger partial charge on any atom is 0.00106 e. The summed E-state index contributed by atoms with van der Waals surface area (Å²) in [6.45, 7) is 8.04. The van der Waals surface area contributed by atoms with Crippen LogP contribution in [-0.4, -0.2) is 24.1 Å². The molecule has 0 bridgehead atoms. The number of hydrogen-bond donors (Lipinski definition) is 1. The van der Waals surface area contributed by atoms with Gasteiger partial charge in [0.1, 0.15) is 0 Å². The highest BCUT2D eigenvalue weighted by Crippen LogP contribution is 2.39. The zero-order valence-electron chi connectivity index (χ0n) is 11.3. The molecule has 1 aliphatic rings. The van der Waals surface area contributed by atoms with Crippen LogP contribution in [0.5, 0.6) is 0 Å². The van der Waals surface area contributed by atoms with Crippen molar-refractivity contribution in [1.82, 2.24) is 5.32 Å². The molecule has 0 radical (unpaired) electrons. The van der Waals surface area contributed by atoms with Crippen LogP contribution in [0.2, 0.25) is 0 Å². The average Bonchev–Trinajstić information content (AvgIpc) is 2.28. The van der Waals surface area contributed by atoms with Crippen LogP contribution in [0.1, 0.15) is 59.3 Å². The van der Waals surface area contributed by atoms with Crippen molar-refractivity contribution in [2.75, 3.05) is 18.1 Å². The lowest BCUT2D eigenvalue weighted by Gasteiger charge is -2.38. The minimum absolute atomic E-state index is 0.630. The van der Waals surface area contributed by atoms with Crippen molar-refractivity contribution in [3.05, 3.63) is 0 Å². The second-order valence-electron chi connectivity index (χ2n) is 5.54. The normalized spacial score (nSPS) is 20.2. The zero-order valence-corrected chi connectivity index (χ0v) is 12.2. The van der Waals surface area contributed by atoms with Gasteiger partial charge in [-0.3, -0.25) is 0 Å². The number of thioether (sulfide) groups is 1. The van der Waals surface area contributed by atoms with Crippen LogP contribution in [-0.2, 0) is 0 Å². The quantitative estimate of drug-likeness (QED) is 0.676. The molecule has 1 N–H and O–H groups in total. The summed E-state index contributed by atoms with van der Waals surface area (Å²) in [4.78, 5) is 0. The number of rotatable bonds is 7. The Labute approximate surface area is 106 Å². The standard InChI is InChI=1S/C14H29NS/c1-4-16-11-10-14(12-15-13(2)3)8-6-5-7-9-14/h13,15H,4-12H2,1-3H3. The lowest BCUT2D eigenvalue weighted by Crippen LogP contribution is -2.39. The first kappa shape index (κ1) is 14.4. The molecule has 1 fully saturated rings. The molecule has 0 aliphatic heterocycles. The summed E-state index contributed by atoms with van der Waals surface area (Å²) in [5.41, 5.74) is 0.630. The van der Waals surface area contributed by atoms with Gasteiger partial charge in [-0.05, 0) is 36.2 Å². The average molecular weight is 243 g/mol. The van der Waals surface area contributed by atoms with E-state index in [2.05, 4.69) is 37.8 Å². The van der Waals surface area contributed by atoms with Crippen LogP contribution in [0.4, 0.5) is 0 Å². The minimum atomic E-state index is 0.630. The molecule has 0 amide bonds. The Morgan fingerprint density at radius 2 is 1.88 bits per heavy atom. The van der Waals surface area contributed by atoms with Gasteiger partial charge >= 0.3 is 0 Å². The highest BCUT2D eigenvalue weighted by Gasteiger charge is 2.31. The minimum Gasteiger partial charge on any atom is -0.314 e. The summed E-state index contributed by atoms with van der Waals surface area (Å²) in [5.74, 6) is 2.63. The molecule has 16 heavy (non-hydrogen) atoms. The van der Waals surface area contributed by atoms with Crippen LogP contribution in [0.15, 0.2) is 0 Å². The summed E-state index contributed by atoms with van der Waals surface area (Å²) in [6, 6.07) is 0.637. The van der Waals surface area contributed by atoms with E-state index in [0.29, 0.717) is 11.5 Å². The van der Waals surface area contributed by atoms with E-state index in [1.165, 1.54) is 56.6 Å². The fourth-order valence-corrected chi connectivity index (χ4v) is 3.54. The Kier molecular flexibility index (Phi) is 6.83. The van der Waals surface area contributed by atoms with E-state index in [1.54, 1.807) is 0 Å². The molecule has 0 unspecified atom stereocenters. The van der Waals surface area contributed by atoms with E-state index in [4.69, 9.17) is 0 Å². The van der Waals surface area contributed by atoms with E-state index in [0.717, 1.165) is 0 Å². The molecule has 0 saturated heterocycles. The Morgan fingerprint density at radius 3 is 2.44 bits per heavy atom. The third kappa shape index (κ3) is 5.09.